The summed E-state index contributed by atoms with van der Waals surface area (Å²) in [7, 11) is 0. The molecule has 15 heavy (non-hydrogen) atoms. The average Bonchev–Trinajstić information content (AvgIpc) is 2.27. The molecule has 2 heteroatoms. The van der Waals surface area contributed by atoms with E-state index in [4.69, 9.17) is 11.6 Å². The van der Waals surface area contributed by atoms with Crippen molar-refractivity contribution in [2.75, 3.05) is 0 Å². The Hall–Kier alpha value is -0.970. The van der Waals surface area contributed by atoms with Crippen LogP contribution in [-0.4, -0.2) is 10.9 Å². The fraction of sp³-hybridized carbons (Fsp3) is 0.769. The molecule has 1 aliphatic rings. The van der Waals surface area contributed by atoms with E-state index < -0.39 is 0 Å². The van der Waals surface area contributed by atoms with Crippen molar-refractivity contribution in [3.8, 4) is 12.3 Å². The lowest BCUT2D eigenvalue weighted by molar-refractivity contribution is 0.268. The number of nitrogens with zero attached hydrogens (tertiary/aromatic N) is 1. The standard InChI is InChI=1S/C13H21NO/c1-3-5-10-13(9-4-2)11-7-6-8-12(13)14-15/h2,15H,3,5-11H2,1H3. The first-order valence-electron chi connectivity index (χ1n) is 5.94. The second kappa shape index (κ2) is 5.80. The predicted octanol–water partition coefficient (Wildman–Crippen LogP) is 3.59. The van der Waals surface area contributed by atoms with E-state index in [0.717, 1.165) is 37.8 Å². The normalized spacial score (nSPS) is 28.9. The number of unbranched alkanes of at least 4 members (excludes halogenated alkanes) is 1. The third-order valence-corrected chi connectivity index (χ3v) is 3.50. The topological polar surface area (TPSA) is 32.6 Å². The molecule has 0 radical (unpaired) electrons. The zero-order valence-corrected chi connectivity index (χ0v) is 9.63. The van der Waals surface area contributed by atoms with Crippen LogP contribution in [0.5, 0.6) is 0 Å². The average molecular weight is 207 g/mol. The summed E-state index contributed by atoms with van der Waals surface area (Å²) in [6.45, 7) is 2.18. The number of rotatable bonds is 4. The van der Waals surface area contributed by atoms with E-state index >= 15 is 0 Å². The first kappa shape index (κ1) is 12.1. The van der Waals surface area contributed by atoms with E-state index in [1.54, 1.807) is 0 Å². The van der Waals surface area contributed by atoms with Gasteiger partial charge in [0, 0.05) is 11.8 Å². The second-order valence-electron chi connectivity index (χ2n) is 4.52. The van der Waals surface area contributed by atoms with E-state index in [1.807, 2.05) is 0 Å². The van der Waals surface area contributed by atoms with Gasteiger partial charge in [0.2, 0.25) is 0 Å². The molecule has 1 unspecified atom stereocenters. The van der Waals surface area contributed by atoms with Gasteiger partial charge in [0.1, 0.15) is 0 Å². The second-order valence-corrected chi connectivity index (χ2v) is 4.52. The largest absolute Gasteiger partial charge is 0.411 e. The van der Waals surface area contributed by atoms with Crippen LogP contribution in [0.25, 0.3) is 0 Å². The van der Waals surface area contributed by atoms with Gasteiger partial charge in [-0.25, -0.2) is 0 Å². The van der Waals surface area contributed by atoms with Crippen LogP contribution in [0.4, 0.5) is 0 Å². The van der Waals surface area contributed by atoms with Gasteiger partial charge < -0.3 is 5.21 Å². The van der Waals surface area contributed by atoms with Gasteiger partial charge in [-0.05, 0) is 25.7 Å². The van der Waals surface area contributed by atoms with E-state index in [1.165, 1.54) is 19.3 Å². The maximum absolute atomic E-state index is 9.07. The molecule has 1 aliphatic carbocycles. The Labute approximate surface area is 92.8 Å². The molecule has 0 aromatic rings. The highest BCUT2D eigenvalue weighted by molar-refractivity contribution is 5.90. The van der Waals surface area contributed by atoms with Crippen LogP contribution in [0.1, 0.15) is 58.3 Å². The van der Waals surface area contributed by atoms with Gasteiger partial charge >= 0.3 is 0 Å². The summed E-state index contributed by atoms with van der Waals surface area (Å²) in [5, 5.41) is 12.6. The lowest BCUT2D eigenvalue weighted by Gasteiger charge is -2.36. The molecular weight excluding hydrogens is 186 g/mol. The van der Waals surface area contributed by atoms with Crippen molar-refractivity contribution in [3.05, 3.63) is 0 Å². The number of hydrogen-bond donors (Lipinski definition) is 1. The maximum atomic E-state index is 9.07. The summed E-state index contributed by atoms with van der Waals surface area (Å²) in [5.41, 5.74) is 0.956. The molecular formula is C13H21NO. The van der Waals surface area contributed by atoms with Crippen LogP contribution >= 0.6 is 0 Å². The monoisotopic (exact) mass is 207 g/mol. The Morgan fingerprint density at radius 1 is 1.53 bits per heavy atom. The molecule has 0 aromatic carbocycles. The number of hydrogen-bond acceptors (Lipinski definition) is 2. The fourth-order valence-corrected chi connectivity index (χ4v) is 2.58. The van der Waals surface area contributed by atoms with Crippen LogP contribution in [-0.2, 0) is 0 Å². The van der Waals surface area contributed by atoms with Crippen molar-refractivity contribution < 1.29 is 5.21 Å². The van der Waals surface area contributed by atoms with Gasteiger partial charge in [0.05, 0.1) is 5.71 Å². The summed E-state index contributed by atoms with van der Waals surface area (Å²) in [4.78, 5) is 0. The predicted molar refractivity (Wildman–Crippen MR) is 63.1 cm³/mol. The zero-order chi connectivity index (χ0) is 11.1. The molecule has 1 rings (SSSR count). The van der Waals surface area contributed by atoms with Gasteiger partial charge in [0.25, 0.3) is 0 Å². The lowest BCUT2D eigenvalue weighted by Crippen LogP contribution is -2.34. The fourth-order valence-electron chi connectivity index (χ4n) is 2.58. The molecule has 1 saturated carbocycles. The van der Waals surface area contributed by atoms with Crippen molar-refractivity contribution in [1.82, 2.24) is 0 Å². The minimum Gasteiger partial charge on any atom is -0.411 e. The van der Waals surface area contributed by atoms with Gasteiger partial charge in [-0.15, -0.1) is 12.3 Å². The Morgan fingerprint density at radius 2 is 2.33 bits per heavy atom. The molecule has 0 aliphatic heterocycles. The Balaban J connectivity index is 2.80. The zero-order valence-electron chi connectivity index (χ0n) is 9.63. The molecule has 1 N–H and O–H groups in total. The molecule has 0 bridgehead atoms. The van der Waals surface area contributed by atoms with E-state index in [-0.39, 0.29) is 5.41 Å². The quantitative estimate of drug-likeness (QED) is 0.426. The van der Waals surface area contributed by atoms with E-state index in [0.29, 0.717) is 0 Å². The molecule has 0 saturated heterocycles. The molecule has 0 spiro atoms. The third-order valence-electron chi connectivity index (χ3n) is 3.50. The molecule has 0 amide bonds. The Morgan fingerprint density at radius 3 is 2.93 bits per heavy atom. The molecule has 0 aromatic heterocycles. The van der Waals surface area contributed by atoms with Gasteiger partial charge in [-0.1, -0.05) is 31.3 Å². The summed E-state index contributed by atoms with van der Waals surface area (Å²) in [6.07, 6.45) is 14.0. The van der Waals surface area contributed by atoms with Crippen LogP contribution in [0.3, 0.4) is 0 Å². The summed E-state index contributed by atoms with van der Waals surface area (Å²) in [5.74, 6) is 2.76. The highest BCUT2D eigenvalue weighted by Gasteiger charge is 2.36. The maximum Gasteiger partial charge on any atom is 0.0641 e. The summed E-state index contributed by atoms with van der Waals surface area (Å²) in [6, 6.07) is 0. The third kappa shape index (κ3) is 2.75. The highest BCUT2D eigenvalue weighted by atomic mass is 16.4. The smallest absolute Gasteiger partial charge is 0.0641 e. The van der Waals surface area contributed by atoms with Crippen molar-refractivity contribution >= 4 is 5.71 Å². The number of oxime groups is 1. The van der Waals surface area contributed by atoms with Gasteiger partial charge in [-0.3, -0.25) is 0 Å². The first-order valence-corrected chi connectivity index (χ1v) is 5.94. The van der Waals surface area contributed by atoms with Crippen molar-refractivity contribution in [2.45, 2.75) is 58.3 Å². The van der Waals surface area contributed by atoms with Crippen molar-refractivity contribution in [3.63, 3.8) is 0 Å². The van der Waals surface area contributed by atoms with Gasteiger partial charge in [0.15, 0.2) is 0 Å². The van der Waals surface area contributed by atoms with Crippen LogP contribution in [0, 0.1) is 17.8 Å². The Kier molecular flexibility index (Phi) is 4.68. The minimum absolute atomic E-state index is 0.0117. The van der Waals surface area contributed by atoms with Crippen LogP contribution < -0.4 is 0 Å². The van der Waals surface area contributed by atoms with Crippen molar-refractivity contribution in [1.29, 1.82) is 0 Å². The van der Waals surface area contributed by atoms with Crippen LogP contribution in [0.2, 0.25) is 0 Å². The van der Waals surface area contributed by atoms with Gasteiger partial charge in [-0.2, -0.15) is 0 Å². The van der Waals surface area contributed by atoms with E-state index in [2.05, 4.69) is 18.0 Å². The summed E-state index contributed by atoms with van der Waals surface area (Å²) >= 11 is 0. The molecule has 1 atom stereocenters. The van der Waals surface area contributed by atoms with Crippen molar-refractivity contribution in [2.24, 2.45) is 10.6 Å². The lowest BCUT2D eigenvalue weighted by atomic mass is 9.67. The molecule has 2 nitrogen and oxygen atoms in total. The Bertz CT molecular complexity index is 264. The first-order chi connectivity index (χ1) is 7.29. The minimum atomic E-state index is 0.0117. The van der Waals surface area contributed by atoms with E-state index in [9.17, 15) is 0 Å². The number of terminal acetylenes is 1. The van der Waals surface area contributed by atoms with Crippen LogP contribution in [0.15, 0.2) is 5.16 Å². The molecule has 84 valence electrons. The SMILES string of the molecule is C#CCC1(CCCC)CCCCC1=NO. The highest BCUT2D eigenvalue weighted by Crippen LogP contribution is 2.41. The molecule has 0 heterocycles. The molecule has 1 fully saturated rings. The summed E-state index contributed by atoms with van der Waals surface area (Å²) < 4.78 is 0.